The first-order valence-electron chi connectivity index (χ1n) is 7.43. The molecule has 2 aromatic rings. The van der Waals surface area contributed by atoms with Gasteiger partial charge in [-0.15, -0.1) is 0 Å². The van der Waals surface area contributed by atoms with Crippen molar-refractivity contribution in [1.82, 2.24) is 9.78 Å². The SMILES string of the molecule is CCn1ncc(Cl)c1C(=O)N1CC(C)Oc2ccc(OC)cc21. The molecule has 0 fully saturated rings. The lowest BCUT2D eigenvalue weighted by atomic mass is 10.1. The fourth-order valence-corrected chi connectivity index (χ4v) is 2.90. The fourth-order valence-electron chi connectivity index (χ4n) is 2.68. The van der Waals surface area contributed by atoms with Gasteiger partial charge in [0.15, 0.2) is 0 Å². The molecule has 1 amide bonds. The van der Waals surface area contributed by atoms with Crippen molar-refractivity contribution < 1.29 is 14.3 Å². The van der Waals surface area contributed by atoms with E-state index in [4.69, 9.17) is 21.1 Å². The van der Waals surface area contributed by atoms with Crippen molar-refractivity contribution in [1.29, 1.82) is 0 Å². The predicted octanol–water partition coefficient (Wildman–Crippen LogP) is 2.99. The maximum Gasteiger partial charge on any atom is 0.278 e. The van der Waals surface area contributed by atoms with E-state index in [1.165, 1.54) is 6.20 Å². The number of aromatic nitrogens is 2. The van der Waals surface area contributed by atoms with Gasteiger partial charge in [-0.25, -0.2) is 0 Å². The Morgan fingerprint density at radius 3 is 3.00 bits per heavy atom. The Morgan fingerprint density at radius 1 is 1.52 bits per heavy atom. The van der Waals surface area contributed by atoms with Crippen LogP contribution in [0.2, 0.25) is 5.02 Å². The lowest BCUT2D eigenvalue weighted by molar-refractivity contribution is 0.0951. The summed E-state index contributed by atoms with van der Waals surface area (Å²) < 4.78 is 12.7. The Balaban J connectivity index is 2.06. The number of ether oxygens (including phenoxy) is 2. The molecule has 6 nitrogen and oxygen atoms in total. The van der Waals surface area contributed by atoms with E-state index in [0.29, 0.717) is 41.0 Å². The molecule has 1 aliphatic rings. The molecule has 1 aliphatic heterocycles. The number of carbonyl (C=O) groups is 1. The second-order valence-electron chi connectivity index (χ2n) is 5.33. The fraction of sp³-hybridized carbons (Fsp3) is 0.375. The Bertz CT molecular complexity index is 744. The maximum absolute atomic E-state index is 13.1. The molecule has 122 valence electrons. The highest BCUT2D eigenvalue weighted by Crippen LogP contribution is 2.37. The first-order chi connectivity index (χ1) is 11.0. The highest BCUT2D eigenvalue weighted by Gasteiger charge is 2.31. The predicted molar refractivity (Wildman–Crippen MR) is 87.7 cm³/mol. The molecule has 0 bridgehead atoms. The van der Waals surface area contributed by atoms with Gasteiger partial charge in [0.1, 0.15) is 23.3 Å². The van der Waals surface area contributed by atoms with Crippen LogP contribution in [0.1, 0.15) is 24.3 Å². The minimum absolute atomic E-state index is 0.114. The van der Waals surface area contributed by atoms with Gasteiger partial charge < -0.3 is 9.47 Å². The first kappa shape index (κ1) is 15.7. The van der Waals surface area contributed by atoms with Gasteiger partial charge in [0, 0.05) is 12.6 Å². The summed E-state index contributed by atoms with van der Waals surface area (Å²) in [5, 5.41) is 4.49. The Labute approximate surface area is 139 Å². The molecule has 0 saturated heterocycles. The van der Waals surface area contributed by atoms with Crippen LogP contribution in [0, 0.1) is 0 Å². The van der Waals surface area contributed by atoms with Gasteiger partial charge in [-0.1, -0.05) is 11.6 Å². The van der Waals surface area contributed by atoms with Crippen LogP contribution < -0.4 is 14.4 Å². The van der Waals surface area contributed by atoms with E-state index < -0.39 is 0 Å². The molecule has 0 radical (unpaired) electrons. The highest BCUT2D eigenvalue weighted by molar-refractivity contribution is 6.34. The summed E-state index contributed by atoms with van der Waals surface area (Å²) in [6.07, 6.45) is 1.38. The van der Waals surface area contributed by atoms with E-state index >= 15 is 0 Å². The van der Waals surface area contributed by atoms with E-state index in [2.05, 4.69) is 5.10 Å². The number of aryl methyl sites for hydroxylation is 1. The second-order valence-corrected chi connectivity index (χ2v) is 5.74. The van der Waals surface area contributed by atoms with Crippen molar-refractivity contribution in [2.45, 2.75) is 26.5 Å². The van der Waals surface area contributed by atoms with Crippen molar-refractivity contribution in [2.75, 3.05) is 18.6 Å². The molecule has 1 unspecified atom stereocenters. The van der Waals surface area contributed by atoms with Gasteiger partial charge in [-0.2, -0.15) is 5.10 Å². The molecule has 1 aromatic heterocycles. The van der Waals surface area contributed by atoms with Crippen LogP contribution in [-0.4, -0.2) is 35.4 Å². The van der Waals surface area contributed by atoms with Gasteiger partial charge in [0.2, 0.25) is 0 Å². The topological polar surface area (TPSA) is 56.6 Å². The van der Waals surface area contributed by atoms with Crippen molar-refractivity contribution >= 4 is 23.2 Å². The molecule has 7 heteroatoms. The number of anilines is 1. The third-order valence-electron chi connectivity index (χ3n) is 3.77. The zero-order valence-electron chi connectivity index (χ0n) is 13.2. The van der Waals surface area contributed by atoms with Crippen molar-refractivity contribution in [3.8, 4) is 11.5 Å². The monoisotopic (exact) mass is 335 g/mol. The minimum Gasteiger partial charge on any atom is -0.497 e. The van der Waals surface area contributed by atoms with Gasteiger partial charge in [-0.05, 0) is 26.0 Å². The van der Waals surface area contributed by atoms with E-state index in [1.54, 1.807) is 22.8 Å². The maximum atomic E-state index is 13.1. The summed E-state index contributed by atoms with van der Waals surface area (Å²) in [4.78, 5) is 14.7. The zero-order valence-corrected chi connectivity index (χ0v) is 14.0. The van der Waals surface area contributed by atoms with E-state index in [0.717, 1.165) is 0 Å². The molecule has 0 saturated carbocycles. The third-order valence-corrected chi connectivity index (χ3v) is 4.04. The minimum atomic E-state index is -0.195. The van der Waals surface area contributed by atoms with Crippen LogP contribution in [0.4, 0.5) is 5.69 Å². The summed E-state index contributed by atoms with van der Waals surface area (Å²) in [7, 11) is 1.59. The summed E-state index contributed by atoms with van der Waals surface area (Å²) in [5.41, 5.74) is 1.06. The number of amides is 1. The van der Waals surface area contributed by atoms with E-state index in [-0.39, 0.29) is 12.0 Å². The van der Waals surface area contributed by atoms with Gasteiger partial charge in [0.05, 0.1) is 30.6 Å². The number of fused-ring (bicyclic) bond motifs is 1. The van der Waals surface area contributed by atoms with Crippen LogP contribution >= 0.6 is 11.6 Å². The molecule has 2 heterocycles. The summed E-state index contributed by atoms with van der Waals surface area (Å²) >= 11 is 6.17. The first-order valence-corrected chi connectivity index (χ1v) is 7.80. The number of halogens is 1. The third kappa shape index (κ3) is 2.74. The number of carbonyl (C=O) groups excluding carboxylic acids is 1. The Morgan fingerprint density at radius 2 is 2.30 bits per heavy atom. The zero-order chi connectivity index (χ0) is 16.6. The van der Waals surface area contributed by atoms with Crippen molar-refractivity contribution in [3.05, 3.63) is 35.1 Å². The highest BCUT2D eigenvalue weighted by atomic mass is 35.5. The number of methoxy groups -OCH3 is 1. The van der Waals surface area contributed by atoms with Crippen molar-refractivity contribution in [3.63, 3.8) is 0 Å². The molecule has 3 rings (SSSR count). The molecule has 1 atom stereocenters. The molecule has 0 N–H and O–H groups in total. The number of rotatable bonds is 3. The van der Waals surface area contributed by atoms with Crippen LogP contribution in [0.3, 0.4) is 0 Å². The smallest absolute Gasteiger partial charge is 0.278 e. The average Bonchev–Trinajstić information content (AvgIpc) is 2.93. The standard InChI is InChI=1S/C16H18ClN3O3/c1-4-20-15(12(17)8-18-20)16(21)19-9-10(2)23-14-6-5-11(22-3)7-13(14)19/h5-8,10H,4,9H2,1-3H3. The number of nitrogens with zero attached hydrogens (tertiary/aromatic N) is 3. The van der Waals surface area contributed by atoms with Gasteiger partial charge in [-0.3, -0.25) is 14.4 Å². The van der Waals surface area contributed by atoms with Crippen LogP contribution in [0.5, 0.6) is 11.5 Å². The quantitative estimate of drug-likeness (QED) is 0.865. The molecule has 0 spiro atoms. The number of benzene rings is 1. The lowest BCUT2D eigenvalue weighted by Gasteiger charge is -2.33. The number of hydrogen-bond acceptors (Lipinski definition) is 4. The Kier molecular flexibility index (Phi) is 4.17. The van der Waals surface area contributed by atoms with Crippen molar-refractivity contribution in [2.24, 2.45) is 0 Å². The average molecular weight is 336 g/mol. The second kappa shape index (κ2) is 6.12. The number of hydrogen-bond donors (Lipinski definition) is 0. The molecule has 23 heavy (non-hydrogen) atoms. The molecule has 0 aliphatic carbocycles. The summed E-state index contributed by atoms with van der Waals surface area (Å²) in [6, 6.07) is 5.41. The van der Waals surface area contributed by atoms with E-state index in [1.807, 2.05) is 26.0 Å². The van der Waals surface area contributed by atoms with Gasteiger partial charge >= 0.3 is 0 Å². The molecular formula is C16H18ClN3O3. The normalized spacial score (nSPS) is 16.7. The van der Waals surface area contributed by atoms with Crippen LogP contribution in [0.15, 0.2) is 24.4 Å². The molecule has 1 aromatic carbocycles. The van der Waals surface area contributed by atoms with Crippen LogP contribution in [-0.2, 0) is 6.54 Å². The van der Waals surface area contributed by atoms with E-state index in [9.17, 15) is 4.79 Å². The van der Waals surface area contributed by atoms with Gasteiger partial charge in [0.25, 0.3) is 5.91 Å². The van der Waals surface area contributed by atoms with Crippen LogP contribution in [0.25, 0.3) is 0 Å². The molecular weight excluding hydrogens is 318 g/mol. The Hall–Kier alpha value is -2.21. The lowest BCUT2D eigenvalue weighted by Crippen LogP contribution is -2.43. The summed E-state index contributed by atoms with van der Waals surface area (Å²) in [6.45, 7) is 4.84. The summed E-state index contributed by atoms with van der Waals surface area (Å²) in [5.74, 6) is 1.12. The largest absolute Gasteiger partial charge is 0.497 e.